The second-order valence-corrected chi connectivity index (χ2v) is 3.71. The number of carbonyl (C=O) groups excluding carboxylic acids is 1. The quantitative estimate of drug-likeness (QED) is 0.511. The summed E-state index contributed by atoms with van der Waals surface area (Å²) >= 11 is 0. The van der Waals surface area contributed by atoms with Crippen molar-refractivity contribution in [2.45, 2.75) is 20.3 Å². The molecule has 0 spiro atoms. The molecular formula is C9H18N2O4. The van der Waals surface area contributed by atoms with Gasteiger partial charge in [0.25, 0.3) is 0 Å². The van der Waals surface area contributed by atoms with Gasteiger partial charge in [0.1, 0.15) is 0 Å². The van der Waals surface area contributed by atoms with Crippen molar-refractivity contribution in [3.8, 4) is 0 Å². The standard InChI is InChI=1S/C9H18N2O4/c1-6(2)3-7(4-10)9(14)11-15-5-8(12)13/h6-7H,3-5,10H2,1-2H3,(H,11,14)(H,12,13). The lowest BCUT2D eigenvalue weighted by atomic mass is 9.97. The fourth-order valence-corrected chi connectivity index (χ4v) is 1.13. The van der Waals surface area contributed by atoms with Crippen LogP contribution in [0, 0.1) is 11.8 Å². The molecular weight excluding hydrogens is 200 g/mol. The highest BCUT2D eigenvalue weighted by Crippen LogP contribution is 2.10. The van der Waals surface area contributed by atoms with Crippen LogP contribution in [-0.2, 0) is 14.4 Å². The molecule has 0 saturated carbocycles. The van der Waals surface area contributed by atoms with E-state index in [-0.39, 0.29) is 18.4 Å². The van der Waals surface area contributed by atoms with Crippen LogP contribution in [0.3, 0.4) is 0 Å². The summed E-state index contributed by atoms with van der Waals surface area (Å²) in [6.07, 6.45) is 0.652. The van der Waals surface area contributed by atoms with Gasteiger partial charge in [-0.3, -0.25) is 9.63 Å². The lowest BCUT2D eigenvalue weighted by molar-refractivity contribution is -0.150. The summed E-state index contributed by atoms with van der Waals surface area (Å²) in [7, 11) is 0. The van der Waals surface area contributed by atoms with Gasteiger partial charge in [-0.2, -0.15) is 0 Å². The lowest BCUT2D eigenvalue weighted by Gasteiger charge is -2.15. The Hall–Kier alpha value is -1.14. The summed E-state index contributed by atoms with van der Waals surface area (Å²) in [5.74, 6) is -1.49. The molecule has 15 heavy (non-hydrogen) atoms. The summed E-state index contributed by atoms with van der Waals surface area (Å²) in [6, 6.07) is 0. The Bertz CT molecular complexity index is 218. The molecule has 1 amide bonds. The second-order valence-electron chi connectivity index (χ2n) is 3.71. The van der Waals surface area contributed by atoms with Gasteiger partial charge in [0.2, 0.25) is 5.91 Å². The number of amides is 1. The number of rotatable bonds is 7. The van der Waals surface area contributed by atoms with Gasteiger partial charge in [-0.05, 0) is 12.3 Å². The Kier molecular flexibility index (Phi) is 6.64. The van der Waals surface area contributed by atoms with Crippen LogP contribution < -0.4 is 11.2 Å². The van der Waals surface area contributed by atoms with Gasteiger partial charge in [-0.15, -0.1) is 0 Å². The summed E-state index contributed by atoms with van der Waals surface area (Å²) in [5, 5.41) is 8.27. The Morgan fingerprint density at radius 3 is 2.47 bits per heavy atom. The van der Waals surface area contributed by atoms with Gasteiger partial charge < -0.3 is 10.8 Å². The molecule has 0 aliphatic carbocycles. The highest BCUT2D eigenvalue weighted by Gasteiger charge is 2.18. The van der Waals surface area contributed by atoms with Crippen molar-refractivity contribution in [1.82, 2.24) is 5.48 Å². The maximum absolute atomic E-state index is 11.4. The maximum Gasteiger partial charge on any atom is 0.332 e. The molecule has 6 heteroatoms. The molecule has 0 radical (unpaired) electrons. The van der Waals surface area contributed by atoms with Gasteiger partial charge in [0.15, 0.2) is 6.61 Å². The third-order valence-electron chi connectivity index (χ3n) is 1.78. The van der Waals surface area contributed by atoms with Crippen LogP contribution in [0.25, 0.3) is 0 Å². The molecule has 0 aromatic carbocycles. The predicted molar refractivity (Wildman–Crippen MR) is 53.7 cm³/mol. The zero-order valence-electron chi connectivity index (χ0n) is 9.03. The van der Waals surface area contributed by atoms with Crippen LogP contribution in [-0.4, -0.2) is 30.1 Å². The van der Waals surface area contributed by atoms with Crippen molar-refractivity contribution in [2.24, 2.45) is 17.6 Å². The summed E-state index contributed by atoms with van der Waals surface area (Å²) < 4.78 is 0. The Morgan fingerprint density at radius 2 is 2.07 bits per heavy atom. The Balaban J connectivity index is 3.88. The van der Waals surface area contributed by atoms with Crippen molar-refractivity contribution in [3.05, 3.63) is 0 Å². The first-order valence-corrected chi connectivity index (χ1v) is 4.80. The Morgan fingerprint density at radius 1 is 1.47 bits per heavy atom. The number of aliphatic carboxylic acids is 1. The van der Waals surface area contributed by atoms with Crippen molar-refractivity contribution in [2.75, 3.05) is 13.2 Å². The van der Waals surface area contributed by atoms with Crippen molar-refractivity contribution >= 4 is 11.9 Å². The number of hydroxylamine groups is 1. The number of carboxylic acid groups (broad SMARTS) is 1. The van der Waals surface area contributed by atoms with Crippen molar-refractivity contribution in [3.63, 3.8) is 0 Å². The van der Waals surface area contributed by atoms with E-state index in [9.17, 15) is 9.59 Å². The molecule has 0 fully saturated rings. The average molecular weight is 218 g/mol. The molecule has 0 aliphatic heterocycles. The summed E-state index contributed by atoms with van der Waals surface area (Å²) in [5.41, 5.74) is 7.49. The molecule has 0 aromatic heterocycles. The fraction of sp³-hybridized carbons (Fsp3) is 0.778. The van der Waals surface area contributed by atoms with E-state index < -0.39 is 12.6 Å². The molecule has 0 bridgehead atoms. The molecule has 1 unspecified atom stereocenters. The van der Waals surface area contributed by atoms with Gasteiger partial charge in [0, 0.05) is 6.54 Å². The maximum atomic E-state index is 11.4. The van der Waals surface area contributed by atoms with Crippen LogP contribution in [0.5, 0.6) is 0 Å². The minimum absolute atomic E-state index is 0.223. The van der Waals surface area contributed by atoms with Crippen molar-refractivity contribution < 1.29 is 19.5 Å². The topological polar surface area (TPSA) is 102 Å². The predicted octanol–water partition coefficient (Wildman–Crippen LogP) is -0.260. The van der Waals surface area contributed by atoms with Crippen LogP contribution in [0.1, 0.15) is 20.3 Å². The third kappa shape index (κ3) is 6.87. The molecule has 0 saturated heterocycles. The van der Waals surface area contributed by atoms with E-state index >= 15 is 0 Å². The lowest BCUT2D eigenvalue weighted by Crippen LogP contribution is -2.36. The van der Waals surface area contributed by atoms with Crippen molar-refractivity contribution in [1.29, 1.82) is 0 Å². The number of hydrogen-bond acceptors (Lipinski definition) is 4. The second kappa shape index (κ2) is 7.19. The average Bonchev–Trinajstić information content (AvgIpc) is 2.13. The summed E-state index contributed by atoms with van der Waals surface area (Å²) in [6.45, 7) is 3.63. The number of carboxylic acids is 1. The monoisotopic (exact) mass is 218 g/mol. The molecule has 4 N–H and O–H groups in total. The third-order valence-corrected chi connectivity index (χ3v) is 1.78. The first kappa shape index (κ1) is 13.9. The van der Waals surface area contributed by atoms with Crippen LogP contribution >= 0.6 is 0 Å². The molecule has 0 rings (SSSR count). The Labute approximate surface area is 88.7 Å². The minimum Gasteiger partial charge on any atom is -0.479 e. The summed E-state index contributed by atoms with van der Waals surface area (Å²) in [4.78, 5) is 25.9. The van der Waals surface area contributed by atoms with E-state index in [0.29, 0.717) is 12.3 Å². The highest BCUT2D eigenvalue weighted by molar-refractivity contribution is 5.78. The van der Waals surface area contributed by atoms with E-state index in [0.717, 1.165) is 0 Å². The van der Waals surface area contributed by atoms with Gasteiger partial charge in [-0.1, -0.05) is 13.8 Å². The van der Waals surface area contributed by atoms with Crippen LogP contribution in [0.4, 0.5) is 0 Å². The molecule has 1 atom stereocenters. The normalized spacial score (nSPS) is 12.5. The van der Waals surface area contributed by atoms with E-state index in [2.05, 4.69) is 10.3 Å². The van der Waals surface area contributed by atoms with Crippen LogP contribution in [0.2, 0.25) is 0 Å². The first-order chi connectivity index (χ1) is 6.97. The van der Waals surface area contributed by atoms with E-state index in [1.54, 1.807) is 0 Å². The molecule has 88 valence electrons. The largest absolute Gasteiger partial charge is 0.479 e. The molecule has 0 aromatic rings. The molecule has 6 nitrogen and oxygen atoms in total. The molecule has 0 heterocycles. The van der Waals surface area contributed by atoms with Gasteiger partial charge in [0.05, 0.1) is 5.92 Å². The van der Waals surface area contributed by atoms with Crippen LogP contribution in [0.15, 0.2) is 0 Å². The minimum atomic E-state index is -1.14. The van der Waals surface area contributed by atoms with Gasteiger partial charge in [-0.25, -0.2) is 10.3 Å². The SMILES string of the molecule is CC(C)CC(CN)C(=O)NOCC(=O)O. The zero-order valence-corrected chi connectivity index (χ0v) is 9.03. The smallest absolute Gasteiger partial charge is 0.332 e. The van der Waals surface area contributed by atoms with E-state index in [1.165, 1.54) is 0 Å². The zero-order chi connectivity index (χ0) is 11.8. The number of nitrogens with two attached hydrogens (primary N) is 1. The number of nitrogens with one attached hydrogen (secondary N) is 1. The fourth-order valence-electron chi connectivity index (χ4n) is 1.13. The number of carbonyl (C=O) groups is 2. The van der Waals surface area contributed by atoms with E-state index in [4.69, 9.17) is 10.8 Å². The first-order valence-electron chi connectivity index (χ1n) is 4.80. The van der Waals surface area contributed by atoms with Gasteiger partial charge >= 0.3 is 5.97 Å². The molecule has 0 aliphatic rings. The highest BCUT2D eigenvalue weighted by atomic mass is 16.7. The van der Waals surface area contributed by atoms with E-state index in [1.807, 2.05) is 13.8 Å². The number of hydrogen-bond donors (Lipinski definition) is 3.